The van der Waals surface area contributed by atoms with Gasteiger partial charge in [-0.25, -0.2) is 4.39 Å². The van der Waals surface area contributed by atoms with Gasteiger partial charge in [-0.1, -0.05) is 19.1 Å². The molecule has 1 unspecified atom stereocenters. The van der Waals surface area contributed by atoms with Crippen LogP contribution in [0.4, 0.5) is 15.8 Å². The summed E-state index contributed by atoms with van der Waals surface area (Å²) in [6.07, 6.45) is 1.77. The van der Waals surface area contributed by atoms with Crippen LogP contribution < -0.4 is 10.2 Å². The lowest BCUT2D eigenvalue weighted by atomic mass is 10.2. The minimum Gasteiger partial charge on any atom is -0.341 e. The Labute approximate surface area is 119 Å². The molecule has 4 heteroatoms. The molecule has 0 saturated heterocycles. The van der Waals surface area contributed by atoms with Crippen molar-refractivity contribution in [3.63, 3.8) is 0 Å². The minimum absolute atomic E-state index is 0.216. The zero-order valence-electron chi connectivity index (χ0n) is 12.1. The molecule has 1 aromatic heterocycles. The van der Waals surface area contributed by atoms with Gasteiger partial charge in [-0.3, -0.25) is 4.98 Å². The highest BCUT2D eigenvalue weighted by Gasteiger charge is 2.10. The molecule has 1 aromatic carbocycles. The summed E-state index contributed by atoms with van der Waals surface area (Å²) in [5.41, 5.74) is 2.39. The van der Waals surface area contributed by atoms with Gasteiger partial charge in [-0.15, -0.1) is 0 Å². The van der Waals surface area contributed by atoms with E-state index in [1.807, 2.05) is 25.2 Å². The van der Waals surface area contributed by atoms with E-state index in [1.54, 1.807) is 23.2 Å². The average Bonchev–Trinajstić information content (AvgIpc) is 2.47. The van der Waals surface area contributed by atoms with Crippen LogP contribution in [0.3, 0.4) is 0 Å². The van der Waals surface area contributed by atoms with Gasteiger partial charge in [0, 0.05) is 13.1 Å². The summed E-state index contributed by atoms with van der Waals surface area (Å²) in [5, 5.41) is 3.32. The van der Waals surface area contributed by atoms with Crippen molar-refractivity contribution in [3.8, 4) is 0 Å². The van der Waals surface area contributed by atoms with E-state index in [9.17, 15) is 4.39 Å². The first kappa shape index (κ1) is 14.5. The standard InChI is InChI=1S/C16H20FN3/c1-4-18-12(2)15-10-9-13(11-19-15)20(3)16-8-6-5-7-14(16)17/h5-12,18H,4H2,1-3H3. The van der Waals surface area contributed by atoms with Crippen LogP contribution in [0.1, 0.15) is 25.6 Å². The van der Waals surface area contributed by atoms with Crippen molar-refractivity contribution >= 4 is 11.4 Å². The number of para-hydroxylation sites is 1. The maximum absolute atomic E-state index is 13.8. The molecule has 3 nitrogen and oxygen atoms in total. The van der Waals surface area contributed by atoms with E-state index in [2.05, 4.69) is 24.1 Å². The Morgan fingerprint density at radius 1 is 1.25 bits per heavy atom. The zero-order chi connectivity index (χ0) is 14.5. The number of anilines is 2. The number of benzene rings is 1. The van der Waals surface area contributed by atoms with Gasteiger partial charge >= 0.3 is 0 Å². The molecule has 20 heavy (non-hydrogen) atoms. The Bertz CT molecular complexity index is 554. The van der Waals surface area contributed by atoms with Crippen molar-refractivity contribution in [1.29, 1.82) is 0 Å². The van der Waals surface area contributed by atoms with Gasteiger partial charge in [0.2, 0.25) is 0 Å². The first-order valence-electron chi connectivity index (χ1n) is 6.81. The van der Waals surface area contributed by atoms with Crippen LogP contribution in [0.2, 0.25) is 0 Å². The minimum atomic E-state index is -0.236. The molecular formula is C16H20FN3. The van der Waals surface area contributed by atoms with Crippen molar-refractivity contribution in [2.24, 2.45) is 0 Å². The average molecular weight is 273 g/mol. The number of nitrogens with zero attached hydrogens (tertiary/aromatic N) is 2. The number of aromatic nitrogens is 1. The smallest absolute Gasteiger partial charge is 0.146 e. The zero-order valence-corrected chi connectivity index (χ0v) is 12.1. The number of nitrogens with one attached hydrogen (secondary N) is 1. The first-order valence-corrected chi connectivity index (χ1v) is 6.81. The predicted molar refractivity (Wildman–Crippen MR) is 80.8 cm³/mol. The third-order valence-electron chi connectivity index (χ3n) is 3.33. The molecule has 0 saturated carbocycles. The summed E-state index contributed by atoms with van der Waals surface area (Å²) in [5.74, 6) is -0.236. The summed E-state index contributed by atoms with van der Waals surface area (Å²) in [7, 11) is 1.84. The normalized spacial score (nSPS) is 12.2. The Balaban J connectivity index is 2.20. The van der Waals surface area contributed by atoms with Crippen LogP contribution >= 0.6 is 0 Å². The molecule has 1 heterocycles. The maximum Gasteiger partial charge on any atom is 0.146 e. The van der Waals surface area contributed by atoms with Gasteiger partial charge in [-0.2, -0.15) is 0 Å². The van der Waals surface area contributed by atoms with Gasteiger partial charge in [0.15, 0.2) is 0 Å². The van der Waals surface area contributed by atoms with Crippen molar-refractivity contribution < 1.29 is 4.39 Å². The molecule has 0 aliphatic carbocycles. The van der Waals surface area contributed by atoms with Gasteiger partial charge in [-0.05, 0) is 37.7 Å². The van der Waals surface area contributed by atoms with Crippen LogP contribution in [0.5, 0.6) is 0 Å². The lowest BCUT2D eigenvalue weighted by Gasteiger charge is -2.20. The number of pyridine rings is 1. The Kier molecular flexibility index (Phi) is 4.69. The lowest BCUT2D eigenvalue weighted by Crippen LogP contribution is -2.19. The molecule has 0 bridgehead atoms. The fraction of sp³-hybridized carbons (Fsp3) is 0.312. The third kappa shape index (κ3) is 3.14. The summed E-state index contributed by atoms with van der Waals surface area (Å²) in [6.45, 7) is 5.04. The highest BCUT2D eigenvalue weighted by molar-refractivity contribution is 5.62. The predicted octanol–water partition coefficient (Wildman–Crippen LogP) is 3.66. The Morgan fingerprint density at radius 2 is 2.00 bits per heavy atom. The second-order valence-corrected chi connectivity index (χ2v) is 4.73. The van der Waals surface area contributed by atoms with Crippen LogP contribution in [0.15, 0.2) is 42.6 Å². The third-order valence-corrected chi connectivity index (χ3v) is 3.33. The summed E-state index contributed by atoms with van der Waals surface area (Å²) in [6, 6.07) is 10.9. The number of halogens is 1. The van der Waals surface area contributed by atoms with Crippen LogP contribution in [-0.4, -0.2) is 18.6 Å². The molecule has 0 fully saturated rings. The molecule has 0 aliphatic heterocycles. The van der Waals surface area contributed by atoms with E-state index < -0.39 is 0 Å². The second kappa shape index (κ2) is 6.48. The van der Waals surface area contributed by atoms with Crippen molar-refractivity contribution in [2.45, 2.75) is 19.9 Å². The highest BCUT2D eigenvalue weighted by Crippen LogP contribution is 2.25. The van der Waals surface area contributed by atoms with Gasteiger partial charge < -0.3 is 10.2 Å². The van der Waals surface area contributed by atoms with Crippen LogP contribution in [-0.2, 0) is 0 Å². The first-order chi connectivity index (χ1) is 9.63. The summed E-state index contributed by atoms with van der Waals surface area (Å²) >= 11 is 0. The molecular weight excluding hydrogens is 253 g/mol. The van der Waals surface area contributed by atoms with Crippen molar-refractivity contribution in [3.05, 3.63) is 54.1 Å². The maximum atomic E-state index is 13.8. The summed E-state index contributed by atoms with van der Waals surface area (Å²) in [4.78, 5) is 6.24. The molecule has 2 aromatic rings. The number of hydrogen-bond donors (Lipinski definition) is 1. The largest absolute Gasteiger partial charge is 0.341 e. The van der Waals surface area contributed by atoms with Gasteiger partial charge in [0.25, 0.3) is 0 Å². The van der Waals surface area contributed by atoms with Crippen molar-refractivity contribution in [1.82, 2.24) is 10.3 Å². The fourth-order valence-corrected chi connectivity index (χ4v) is 2.13. The molecule has 0 amide bonds. The fourth-order valence-electron chi connectivity index (χ4n) is 2.13. The molecule has 1 atom stereocenters. The molecule has 106 valence electrons. The summed E-state index contributed by atoms with van der Waals surface area (Å²) < 4.78 is 13.8. The molecule has 0 radical (unpaired) electrons. The molecule has 0 spiro atoms. The SMILES string of the molecule is CCNC(C)c1ccc(N(C)c2ccccc2F)cn1. The number of hydrogen-bond acceptors (Lipinski definition) is 3. The molecule has 0 aliphatic rings. The quantitative estimate of drug-likeness (QED) is 0.901. The van der Waals surface area contributed by atoms with E-state index >= 15 is 0 Å². The van der Waals surface area contributed by atoms with Crippen molar-refractivity contribution in [2.75, 3.05) is 18.5 Å². The second-order valence-electron chi connectivity index (χ2n) is 4.73. The Hall–Kier alpha value is -1.94. The Morgan fingerprint density at radius 3 is 2.60 bits per heavy atom. The molecule has 1 N–H and O–H groups in total. The van der Waals surface area contributed by atoms with E-state index in [-0.39, 0.29) is 11.9 Å². The van der Waals surface area contributed by atoms with Gasteiger partial charge in [0.1, 0.15) is 5.82 Å². The molecule has 2 rings (SSSR count). The van der Waals surface area contributed by atoms with Gasteiger partial charge in [0.05, 0.1) is 23.3 Å². The van der Waals surface area contributed by atoms with E-state index in [4.69, 9.17) is 0 Å². The topological polar surface area (TPSA) is 28.2 Å². The van der Waals surface area contributed by atoms with Crippen LogP contribution in [0, 0.1) is 5.82 Å². The lowest BCUT2D eigenvalue weighted by molar-refractivity contribution is 0.583. The highest BCUT2D eigenvalue weighted by atomic mass is 19.1. The van der Waals surface area contributed by atoms with E-state index in [0.29, 0.717) is 5.69 Å². The van der Waals surface area contributed by atoms with E-state index in [0.717, 1.165) is 17.9 Å². The van der Waals surface area contributed by atoms with Crippen LogP contribution in [0.25, 0.3) is 0 Å². The van der Waals surface area contributed by atoms with E-state index in [1.165, 1.54) is 6.07 Å². The number of rotatable bonds is 5. The monoisotopic (exact) mass is 273 g/mol.